The molecule has 24 heavy (non-hydrogen) atoms. The third kappa shape index (κ3) is 4.08. The molecule has 0 aromatic heterocycles. The minimum atomic E-state index is -3.57. The zero-order valence-electron chi connectivity index (χ0n) is 14.9. The number of nitrogens with one attached hydrogen (secondary N) is 1. The maximum atomic E-state index is 12.6. The van der Waals surface area contributed by atoms with Crippen molar-refractivity contribution in [2.45, 2.75) is 31.6 Å². The Morgan fingerprint density at radius 3 is 2.42 bits per heavy atom. The first kappa shape index (κ1) is 18.7. The van der Waals surface area contributed by atoms with Crippen LogP contribution in [-0.4, -0.2) is 52.4 Å². The van der Waals surface area contributed by atoms with Crippen molar-refractivity contribution in [2.24, 2.45) is 5.92 Å². The van der Waals surface area contributed by atoms with Gasteiger partial charge in [0.15, 0.2) is 0 Å². The summed E-state index contributed by atoms with van der Waals surface area (Å²) >= 11 is 0. The van der Waals surface area contributed by atoms with Crippen LogP contribution in [0, 0.1) is 5.92 Å². The maximum Gasteiger partial charge on any atom is 0.253 e. The smallest absolute Gasteiger partial charge is 0.253 e. The molecule has 1 fully saturated rings. The van der Waals surface area contributed by atoms with Crippen LogP contribution in [0.2, 0.25) is 0 Å². The summed E-state index contributed by atoms with van der Waals surface area (Å²) in [5.41, 5.74) is 1.24. The van der Waals surface area contributed by atoms with Crippen LogP contribution in [0.15, 0.2) is 23.1 Å². The zero-order chi connectivity index (χ0) is 17.9. The topological polar surface area (TPSA) is 69.7 Å². The third-order valence-electron chi connectivity index (χ3n) is 4.11. The van der Waals surface area contributed by atoms with Gasteiger partial charge in [-0.25, -0.2) is 12.7 Å². The number of nitrogens with zero attached hydrogens (tertiary/aromatic N) is 2. The molecule has 1 saturated heterocycles. The number of anilines is 1. The largest absolute Gasteiger partial charge is 0.371 e. The van der Waals surface area contributed by atoms with Crippen molar-refractivity contribution in [2.75, 3.05) is 38.6 Å². The lowest BCUT2D eigenvalue weighted by molar-refractivity contribution is 0.0949. The number of benzene rings is 1. The number of sulfonamides is 1. The quantitative estimate of drug-likeness (QED) is 0.848. The van der Waals surface area contributed by atoms with Crippen LogP contribution in [0.3, 0.4) is 0 Å². The highest BCUT2D eigenvalue weighted by Gasteiger charge is 2.24. The Balaban J connectivity index is 2.43. The Hall–Kier alpha value is -1.60. The van der Waals surface area contributed by atoms with Crippen molar-refractivity contribution in [3.8, 4) is 0 Å². The molecule has 0 unspecified atom stereocenters. The summed E-state index contributed by atoms with van der Waals surface area (Å²) in [4.78, 5) is 14.9. The summed E-state index contributed by atoms with van der Waals surface area (Å²) in [5.74, 6) is 0.110. The van der Waals surface area contributed by atoms with E-state index >= 15 is 0 Å². The van der Waals surface area contributed by atoms with Crippen molar-refractivity contribution in [3.05, 3.63) is 23.8 Å². The van der Waals surface area contributed by atoms with E-state index in [0.29, 0.717) is 18.0 Å². The molecule has 1 aliphatic rings. The fraction of sp³-hybridized carbons (Fsp3) is 0.588. The van der Waals surface area contributed by atoms with Gasteiger partial charge in [-0.05, 0) is 37.0 Å². The van der Waals surface area contributed by atoms with E-state index in [0.717, 1.165) is 35.9 Å². The molecule has 0 bridgehead atoms. The molecule has 1 amide bonds. The molecule has 1 heterocycles. The molecule has 1 N–H and O–H groups in total. The Morgan fingerprint density at radius 1 is 1.25 bits per heavy atom. The fourth-order valence-electron chi connectivity index (χ4n) is 2.69. The van der Waals surface area contributed by atoms with Crippen molar-refractivity contribution in [1.82, 2.24) is 9.62 Å². The van der Waals surface area contributed by atoms with E-state index in [1.54, 1.807) is 12.1 Å². The molecule has 0 spiro atoms. The summed E-state index contributed by atoms with van der Waals surface area (Å²) in [6, 6.07) is 4.84. The summed E-state index contributed by atoms with van der Waals surface area (Å²) in [6.45, 7) is 6.39. The Morgan fingerprint density at radius 2 is 1.88 bits per heavy atom. The number of carbonyl (C=O) groups excluding carboxylic acids is 1. The van der Waals surface area contributed by atoms with Gasteiger partial charge in [0.2, 0.25) is 10.0 Å². The van der Waals surface area contributed by atoms with E-state index in [9.17, 15) is 13.2 Å². The first-order valence-electron chi connectivity index (χ1n) is 8.33. The number of amides is 1. The molecule has 1 aromatic carbocycles. The second kappa shape index (κ2) is 7.53. The Kier molecular flexibility index (Phi) is 5.87. The fourth-order valence-corrected chi connectivity index (χ4v) is 3.62. The van der Waals surface area contributed by atoms with Gasteiger partial charge >= 0.3 is 0 Å². The van der Waals surface area contributed by atoms with Crippen molar-refractivity contribution >= 4 is 21.6 Å². The molecule has 134 valence electrons. The predicted molar refractivity (Wildman–Crippen MR) is 95.9 cm³/mol. The highest BCUT2D eigenvalue weighted by molar-refractivity contribution is 7.89. The average Bonchev–Trinajstić information content (AvgIpc) is 3.06. The second-order valence-corrected chi connectivity index (χ2v) is 8.92. The number of carbonyl (C=O) groups is 1. The molecular weight excluding hydrogens is 326 g/mol. The van der Waals surface area contributed by atoms with Gasteiger partial charge < -0.3 is 10.2 Å². The van der Waals surface area contributed by atoms with Crippen LogP contribution >= 0.6 is 0 Å². The van der Waals surface area contributed by atoms with Crippen molar-refractivity contribution in [1.29, 1.82) is 0 Å². The Labute approximate surface area is 144 Å². The molecule has 0 radical (unpaired) electrons. The van der Waals surface area contributed by atoms with Gasteiger partial charge in [-0.2, -0.15) is 0 Å². The average molecular weight is 353 g/mol. The van der Waals surface area contributed by atoms with Crippen LogP contribution in [0.4, 0.5) is 5.69 Å². The normalized spacial score (nSPS) is 15.3. The van der Waals surface area contributed by atoms with Gasteiger partial charge in [-0.3, -0.25) is 4.79 Å². The van der Waals surface area contributed by atoms with Gasteiger partial charge in [0.25, 0.3) is 5.91 Å². The van der Waals surface area contributed by atoms with Gasteiger partial charge in [0.1, 0.15) is 0 Å². The molecule has 6 nitrogen and oxygen atoms in total. The van der Waals surface area contributed by atoms with Crippen molar-refractivity contribution < 1.29 is 13.2 Å². The van der Waals surface area contributed by atoms with Crippen LogP contribution < -0.4 is 10.2 Å². The molecule has 1 aromatic rings. The van der Waals surface area contributed by atoms with Gasteiger partial charge in [-0.15, -0.1) is 0 Å². The van der Waals surface area contributed by atoms with Gasteiger partial charge in [0, 0.05) is 39.4 Å². The van der Waals surface area contributed by atoms with E-state index in [2.05, 4.69) is 10.2 Å². The minimum absolute atomic E-state index is 0.144. The lowest BCUT2D eigenvalue weighted by Crippen LogP contribution is -2.30. The van der Waals surface area contributed by atoms with Gasteiger partial charge in [-0.1, -0.05) is 13.8 Å². The van der Waals surface area contributed by atoms with Crippen LogP contribution in [0.25, 0.3) is 0 Å². The first-order chi connectivity index (χ1) is 11.2. The van der Waals surface area contributed by atoms with E-state index in [1.807, 2.05) is 13.8 Å². The molecule has 7 heteroatoms. The molecular formula is C17H27N3O3S. The van der Waals surface area contributed by atoms with Crippen LogP contribution in [0.1, 0.15) is 37.0 Å². The monoisotopic (exact) mass is 353 g/mol. The third-order valence-corrected chi connectivity index (χ3v) is 5.92. The Bertz CT molecular complexity index is 693. The highest BCUT2D eigenvalue weighted by atomic mass is 32.2. The predicted octanol–water partition coefficient (Wildman–Crippen LogP) is 1.92. The molecule has 0 saturated carbocycles. The summed E-state index contributed by atoms with van der Waals surface area (Å²) in [5, 5.41) is 2.90. The van der Waals surface area contributed by atoms with E-state index in [1.165, 1.54) is 20.2 Å². The SMILES string of the molecule is CC(C)CNC(=O)c1cc(S(=O)(=O)N(C)C)ccc1N1CCCC1. The number of hydrogen-bond donors (Lipinski definition) is 1. The maximum absolute atomic E-state index is 12.6. The number of rotatable bonds is 6. The van der Waals surface area contributed by atoms with E-state index in [-0.39, 0.29) is 10.8 Å². The highest BCUT2D eigenvalue weighted by Crippen LogP contribution is 2.28. The lowest BCUT2D eigenvalue weighted by Gasteiger charge is -2.22. The van der Waals surface area contributed by atoms with Crippen LogP contribution in [-0.2, 0) is 10.0 Å². The van der Waals surface area contributed by atoms with E-state index < -0.39 is 10.0 Å². The summed E-state index contributed by atoms with van der Waals surface area (Å²) < 4.78 is 25.9. The van der Waals surface area contributed by atoms with Gasteiger partial charge in [0.05, 0.1) is 10.5 Å². The van der Waals surface area contributed by atoms with Crippen molar-refractivity contribution in [3.63, 3.8) is 0 Å². The first-order valence-corrected chi connectivity index (χ1v) is 9.77. The molecule has 2 rings (SSSR count). The summed E-state index contributed by atoms with van der Waals surface area (Å²) in [6.07, 6.45) is 2.18. The second-order valence-electron chi connectivity index (χ2n) is 6.76. The molecule has 1 aliphatic heterocycles. The van der Waals surface area contributed by atoms with Crippen LogP contribution in [0.5, 0.6) is 0 Å². The minimum Gasteiger partial charge on any atom is -0.371 e. The van der Waals surface area contributed by atoms with E-state index in [4.69, 9.17) is 0 Å². The summed E-state index contributed by atoms with van der Waals surface area (Å²) in [7, 11) is -0.593. The lowest BCUT2D eigenvalue weighted by atomic mass is 10.1. The molecule has 0 aliphatic carbocycles. The standard InChI is InChI=1S/C17H27N3O3S/c1-13(2)12-18-17(21)15-11-14(24(22,23)19(3)4)7-8-16(15)20-9-5-6-10-20/h7-8,11,13H,5-6,9-10,12H2,1-4H3,(H,18,21). The zero-order valence-corrected chi connectivity index (χ0v) is 15.7. The molecule has 0 atom stereocenters. The number of hydrogen-bond acceptors (Lipinski definition) is 4.